The number of thiazole rings is 1. The van der Waals surface area contributed by atoms with Gasteiger partial charge in [0.05, 0.1) is 15.8 Å². The zero-order valence-corrected chi connectivity index (χ0v) is 24.6. The zero-order valence-electron chi connectivity index (χ0n) is 23.8. The summed E-state index contributed by atoms with van der Waals surface area (Å²) in [5.74, 6) is -0.145. The number of nitrogens with one attached hydrogen (secondary N) is 1. The van der Waals surface area contributed by atoms with E-state index < -0.39 is 11.6 Å². The Morgan fingerprint density at radius 3 is 2.71 bits per heavy atom. The minimum atomic E-state index is -0.472. The fraction of sp³-hybridized carbons (Fsp3) is 0.516. The molecule has 0 aliphatic carbocycles. The molecule has 0 spiro atoms. The number of aromatic nitrogens is 3. The van der Waals surface area contributed by atoms with Crippen LogP contribution in [-0.4, -0.2) is 70.3 Å². The maximum Gasteiger partial charge on any atom is 0.319 e. The summed E-state index contributed by atoms with van der Waals surface area (Å²) >= 11 is 1.07. The lowest BCUT2D eigenvalue weighted by atomic mass is 9.95. The summed E-state index contributed by atoms with van der Waals surface area (Å²) in [6, 6.07) is 5.74. The molecule has 2 unspecified atom stereocenters. The average molecular weight is 592 g/mol. The SMILES string of the molecule is Cc1cc2c(N3C4CCNCC3CC4)nc(OCC34CCCN3CCC4)nc2c(F)c1-c1ccc(F)c2sc(N)nc12. The number of benzene rings is 2. The molecule has 4 fully saturated rings. The number of nitrogen functional groups attached to an aromatic ring is 1. The fourth-order valence-electron chi connectivity index (χ4n) is 8.09. The topological polar surface area (TPSA) is 92.4 Å². The van der Waals surface area contributed by atoms with E-state index in [1.165, 1.54) is 18.9 Å². The molecule has 4 saturated heterocycles. The van der Waals surface area contributed by atoms with Gasteiger partial charge in [-0.25, -0.2) is 13.8 Å². The Hall–Kier alpha value is -3.15. The number of ether oxygens (including phenoxy) is 1. The lowest BCUT2D eigenvalue weighted by molar-refractivity contribution is 0.108. The largest absolute Gasteiger partial charge is 0.461 e. The molecule has 0 amide bonds. The first-order valence-electron chi connectivity index (χ1n) is 15.1. The standard InChI is InChI=1S/C31H35F2N7OS/c1-17-14-21-25(24(33)23(17)20-6-7-22(32)27-26(20)36-29(34)42-27)37-30(41-16-31-9-2-12-39(31)13-3-10-31)38-28(21)40-18-4-5-19(40)15-35-11-8-18/h6-7,14,18-19,35H,2-5,8-13,15-16H2,1H3,(H2,34,36). The molecule has 2 aromatic carbocycles. The summed E-state index contributed by atoms with van der Waals surface area (Å²) in [5.41, 5.74) is 8.13. The molecule has 42 heavy (non-hydrogen) atoms. The number of halogens is 2. The summed E-state index contributed by atoms with van der Waals surface area (Å²) in [7, 11) is 0. The van der Waals surface area contributed by atoms with Crippen LogP contribution in [0.3, 0.4) is 0 Å². The van der Waals surface area contributed by atoms with Crippen molar-refractivity contribution in [3.8, 4) is 17.1 Å². The van der Waals surface area contributed by atoms with Gasteiger partial charge in [-0.15, -0.1) is 0 Å². The van der Waals surface area contributed by atoms with E-state index in [2.05, 4.69) is 20.1 Å². The van der Waals surface area contributed by atoms with Gasteiger partial charge in [0.25, 0.3) is 0 Å². The second kappa shape index (κ2) is 9.96. The number of nitrogens with two attached hydrogens (primary N) is 1. The van der Waals surface area contributed by atoms with Gasteiger partial charge in [-0.1, -0.05) is 11.3 Å². The lowest BCUT2D eigenvalue weighted by Crippen LogP contribution is -2.43. The Labute approximate surface area is 247 Å². The van der Waals surface area contributed by atoms with Crippen LogP contribution in [0.5, 0.6) is 6.01 Å². The quantitative estimate of drug-likeness (QED) is 0.318. The van der Waals surface area contributed by atoms with Gasteiger partial charge in [-0.3, -0.25) is 4.90 Å². The van der Waals surface area contributed by atoms with Crippen molar-refractivity contribution in [3.05, 3.63) is 35.4 Å². The highest BCUT2D eigenvalue weighted by Gasteiger charge is 2.45. The van der Waals surface area contributed by atoms with Crippen LogP contribution in [0.2, 0.25) is 0 Å². The molecule has 2 aromatic heterocycles. The van der Waals surface area contributed by atoms with Gasteiger partial charge in [0.2, 0.25) is 0 Å². The number of fused-ring (bicyclic) bond motifs is 5. The molecular weight excluding hydrogens is 556 g/mol. The fourth-order valence-corrected chi connectivity index (χ4v) is 8.86. The van der Waals surface area contributed by atoms with Gasteiger partial charge in [-0.05, 0) is 95.3 Å². The minimum absolute atomic E-state index is 0.0191. The summed E-state index contributed by atoms with van der Waals surface area (Å²) in [6.07, 6.45) is 7.70. The highest BCUT2D eigenvalue weighted by atomic mass is 32.1. The van der Waals surface area contributed by atoms with Gasteiger partial charge in [-0.2, -0.15) is 9.97 Å². The number of anilines is 2. The molecule has 220 valence electrons. The minimum Gasteiger partial charge on any atom is -0.461 e. The third-order valence-electron chi connectivity index (χ3n) is 10.0. The second-order valence-corrected chi connectivity index (χ2v) is 13.5. The van der Waals surface area contributed by atoms with Gasteiger partial charge in [0, 0.05) is 35.1 Å². The van der Waals surface area contributed by atoms with E-state index in [0.29, 0.717) is 44.9 Å². The molecule has 3 N–H and O–H groups in total. The van der Waals surface area contributed by atoms with Crippen LogP contribution in [0.4, 0.5) is 19.7 Å². The molecule has 11 heteroatoms. The molecule has 0 saturated carbocycles. The molecular formula is C31H35F2N7OS. The number of rotatable bonds is 5. The van der Waals surface area contributed by atoms with E-state index in [0.717, 1.165) is 75.4 Å². The first-order valence-corrected chi connectivity index (χ1v) is 16.0. The Morgan fingerprint density at radius 2 is 1.88 bits per heavy atom. The highest BCUT2D eigenvalue weighted by Crippen LogP contribution is 2.44. The third-order valence-corrected chi connectivity index (χ3v) is 10.9. The van der Waals surface area contributed by atoms with Crippen molar-refractivity contribution in [2.24, 2.45) is 0 Å². The number of hydrogen-bond donors (Lipinski definition) is 2. The van der Waals surface area contributed by atoms with Crippen molar-refractivity contribution in [1.29, 1.82) is 0 Å². The molecule has 4 aliphatic heterocycles. The number of hydrogen-bond acceptors (Lipinski definition) is 9. The Morgan fingerprint density at radius 1 is 1.07 bits per heavy atom. The van der Waals surface area contributed by atoms with E-state index in [-0.39, 0.29) is 28.2 Å². The molecule has 4 aliphatic rings. The van der Waals surface area contributed by atoms with Crippen LogP contribution >= 0.6 is 11.3 Å². The average Bonchev–Trinajstić information content (AvgIpc) is 3.70. The summed E-state index contributed by atoms with van der Waals surface area (Å²) in [6.45, 7) is 6.41. The van der Waals surface area contributed by atoms with Crippen molar-refractivity contribution in [2.75, 3.05) is 43.4 Å². The normalized spacial score (nSPS) is 23.6. The Balaban J connectivity index is 1.30. The number of nitrogens with zero attached hydrogens (tertiary/aromatic N) is 5. The van der Waals surface area contributed by atoms with Crippen LogP contribution in [0.1, 0.15) is 50.5 Å². The summed E-state index contributed by atoms with van der Waals surface area (Å²) < 4.78 is 38.3. The van der Waals surface area contributed by atoms with Crippen LogP contribution < -0.4 is 20.7 Å². The maximum absolute atomic E-state index is 16.9. The van der Waals surface area contributed by atoms with E-state index in [4.69, 9.17) is 20.4 Å². The zero-order chi connectivity index (χ0) is 28.6. The van der Waals surface area contributed by atoms with Crippen LogP contribution in [0.15, 0.2) is 18.2 Å². The highest BCUT2D eigenvalue weighted by molar-refractivity contribution is 7.22. The molecule has 8 nitrogen and oxygen atoms in total. The molecule has 8 rings (SSSR count). The van der Waals surface area contributed by atoms with Crippen LogP contribution in [0, 0.1) is 18.6 Å². The van der Waals surface area contributed by atoms with Crippen LogP contribution in [0.25, 0.3) is 32.2 Å². The van der Waals surface area contributed by atoms with Crippen molar-refractivity contribution >= 4 is 43.4 Å². The van der Waals surface area contributed by atoms with Crippen molar-refractivity contribution < 1.29 is 13.5 Å². The smallest absolute Gasteiger partial charge is 0.319 e. The molecule has 2 bridgehead atoms. The van der Waals surface area contributed by atoms with E-state index in [1.807, 2.05) is 13.0 Å². The summed E-state index contributed by atoms with van der Waals surface area (Å²) in [4.78, 5) is 19.1. The summed E-state index contributed by atoms with van der Waals surface area (Å²) in [5, 5.41) is 4.48. The van der Waals surface area contributed by atoms with Gasteiger partial charge in [0.1, 0.15) is 23.8 Å². The monoisotopic (exact) mass is 591 g/mol. The van der Waals surface area contributed by atoms with Crippen molar-refractivity contribution in [2.45, 2.75) is 69.5 Å². The molecule has 0 radical (unpaired) electrons. The van der Waals surface area contributed by atoms with E-state index in [9.17, 15) is 4.39 Å². The Bertz CT molecular complexity index is 1690. The predicted molar refractivity (Wildman–Crippen MR) is 162 cm³/mol. The predicted octanol–water partition coefficient (Wildman–Crippen LogP) is 5.41. The van der Waals surface area contributed by atoms with Crippen molar-refractivity contribution in [3.63, 3.8) is 0 Å². The third kappa shape index (κ3) is 4.07. The maximum atomic E-state index is 16.9. The van der Waals surface area contributed by atoms with Crippen molar-refractivity contribution in [1.82, 2.24) is 25.2 Å². The lowest BCUT2D eigenvalue weighted by Gasteiger charge is -2.32. The second-order valence-electron chi connectivity index (χ2n) is 12.4. The van der Waals surface area contributed by atoms with E-state index in [1.54, 1.807) is 6.07 Å². The molecule has 2 atom stereocenters. The number of aryl methyl sites for hydroxylation is 1. The molecule has 4 aromatic rings. The molecule has 6 heterocycles. The van der Waals surface area contributed by atoms with Gasteiger partial charge < -0.3 is 20.7 Å². The van der Waals surface area contributed by atoms with Gasteiger partial charge >= 0.3 is 6.01 Å². The first-order chi connectivity index (χ1) is 20.4. The van der Waals surface area contributed by atoms with Gasteiger partial charge in [0.15, 0.2) is 10.9 Å². The van der Waals surface area contributed by atoms with E-state index >= 15 is 4.39 Å². The Kier molecular flexibility index (Phi) is 6.28. The first kappa shape index (κ1) is 26.5. The van der Waals surface area contributed by atoms with Crippen LogP contribution in [-0.2, 0) is 0 Å².